The smallest absolute Gasteiger partial charge is 0.282 e. The molecule has 17 heavy (non-hydrogen) atoms. The molecule has 2 rings (SSSR count). The van der Waals surface area contributed by atoms with Crippen LogP contribution in [-0.4, -0.2) is 21.1 Å². The first kappa shape index (κ1) is 12.4. The van der Waals surface area contributed by atoms with Gasteiger partial charge in [0.15, 0.2) is 0 Å². The lowest BCUT2D eigenvalue weighted by atomic mass is 10.3. The third-order valence-corrected chi connectivity index (χ3v) is 4.06. The predicted octanol–water partition coefficient (Wildman–Crippen LogP) is 2.45. The number of thiazole rings is 1. The van der Waals surface area contributed by atoms with E-state index in [0.717, 1.165) is 21.2 Å². The van der Waals surface area contributed by atoms with Crippen molar-refractivity contribution >= 4 is 40.2 Å². The summed E-state index contributed by atoms with van der Waals surface area (Å²) in [5.74, 6) is -0.283. The lowest BCUT2D eigenvalue weighted by Crippen LogP contribution is -2.26. The highest BCUT2D eigenvalue weighted by molar-refractivity contribution is 7.17. The Morgan fingerprint density at radius 2 is 2.24 bits per heavy atom. The molecule has 2 heterocycles. The topological polar surface area (TPSA) is 67.8 Å². The Labute approximate surface area is 111 Å². The number of nitrogens with zero attached hydrogens (tertiary/aromatic N) is 3. The van der Waals surface area contributed by atoms with Crippen LogP contribution in [0.3, 0.4) is 0 Å². The molecule has 0 aliphatic rings. The van der Waals surface area contributed by atoms with E-state index < -0.39 is 0 Å². The van der Waals surface area contributed by atoms with Crippen LogP contribution in [0, 0.1) is 6.92 Å². The first-order chi connectivity index (χ1) is 8.06. The second-order valence-corrected chi connectivity index (χ2v) is 6.19. The van der Waals surface area contributed by atoms with E-state index >= 15 is 0 Å². The lowest BCUT2D eigenvalue weighted by molar-refractivity contribution is 0.0938. The van der Waals surface area contributed by atoms with E-state index in [2.05, 4.69) is 20.5 Å². The summed E-state index contributed by atoms with van der Waals surface area (Å²) in [5.41, 5.74) is 0. The van der Waals surface area contributed by atoms with Crippen LogP contribution in [0.4, 0.5) is 0 Å². The average Bonchev–Trinajstić information content (AvgIpc) is 2.87. The molecule has 2 aromatic rings. The Balaban J connectivity index is 2.04. The second-order valence-electron chi connectivity index (χ2n) is 3.36. The molecule has 0 bridgehead atoms. The first-order valence-electron chi connectivity index (χ1n) is 4.78. The molecule has 0 aliphatic carbocycles. The average molecular weight is 289 g/mol. The number of hydrogen-bond donors (Lipinski definition) is 1. The van der Waals surface area contributed by atoms with Crippen LogP contribution < -0.4 is 5.32 Å². The predicted molar refractivity (Wildman–Crippen MR) is 67.7 cm³/mol. The van der Waals surface area contributed by atoms with Gasteiger partial charge in [0.25, 0.3) is 5.91 Å². The van der Waals surface area contributed by atoms with Crippen LogP contribution in [0.2, 0.25) is 4.47 Å². The van der Waals surface area contributed by atoms with Gasteiger partial charge in [-0.1, -0.05) is 11.3 Å². The van der Waals surface area contributed by atoms with Crippen molar-refractivity contribution in [3.8, 4) is 0 Å². The minimum atomic E-state index is -0.283. The van der Waals surface area contributed by atoms with Gasteiger partial charge in [0.05, 0.1) is 6.04 Å². The molecule has 0 fully saturated rings. The number of carbonyl (C=O) groups is 1. The minimum Gasteiger partial charge on any atom is -0.341 e. The standard InChI is InChI=1S/C9H9ClN4OS2/c1-4-3-11-7(16-4)5(2)12-6(15)8-13-14-9(10)17-8/h3,5H,1-2H3,(H,12,15). The second kappa shape index (κ2) is 5.07. The molecule has 2 aromatic heterocycles. The normalized spacial score (nSPS) is 12.4. The van der Waals surface area contributed by atoms with Crippen LogP contribution in [-0.2, 0) is 0 Å². The highest BCUT2D eigenvalue weighted by atomic mass is 35.5. The van der Waals surface area contributed by atoms with Gasteiger partial charge >= 0.3 is 0 Å². The molecule has 1 unspecified atom stereocenters. The van der Waals surface area contributed by atoms with Gasteiger partial charge in [-0.25, -0.2) is 4.98 Å². The quantitative estimate of drug-likeness (QED) is 0.942. The number of nitrogens with one attached hydrogen (secondary N) is 1. The van der Waals surface area contributed by atoms with Crippen molar-refractivity contribution in [3.05, 3.63) is 25.6 Å². The zero-order valence-electron chi connectivity index (χ0n) is 9.10. The Morgan fingerprint density at radius 1 is 1.47 bits per heavy atom. The van der Waals surface area contributed by atoms with E-state index in [9.17, 15) is 4.79 Å². The summed E-state index contributed by atoms with van der Waals surface area (Å²) < 4.78 is 0.257. The molecule has 0 radical (unpaired) electrons. The van der Waals surface area contributed by atoms with Crippen molar-refractivity contribution in [1.82, 2.24) is 20.5 Å². The number of hydrogen-bond acceptors (Lipinski definition) is 6. The largest absolute Gasteiger partial charge is 0.341 e. The molecule has 0 spiro atoms. The van der Waals surface area contributed by atoms with E-state index in [1.165, 1.54) is 0 Å². The maximum atomic E-state index is 11.8. The van der Waals surface area contributed by atoms with Gasteiger partial charge in [0.1, 0.15) is 5.01 Å². The molecule has 0 saturated carbocycles. The van der Waals surface area contributed by atoms with Gasteiger partial charge in [0, 0.05) is 11.1 Å². The number of carbonyl (C=O) groups excluding carboxylic acids is 1. The van der Waals surface area contributed by atoms with Crippen molar-refractivity contribution in [3.63, 3.8) is 0 Å². The molecule has 90 valence electrons. The van der Waals surface area contributed by atoms with Gasteiger partial charge in [-0.3, -0.25) is 4.79 Å². The molecule has 1 atom stereocenters. The fourth-order valence-corrected chi connectivity index (χ4v) is 2.70. The van der Waals surface area contributed by atoms with E-state index in [-0.39, 0.29) is 21.4 Å². The van der Waals surface area contributed by atoms with Crippen LogP contribution in [0.5, 0.6) is 0 Å². The molecule has 0 aromatic carbocycles. The van der Waals surface area contributed by atoms with E-state index in [4.69, 9.17) is 11.6 Å². The van der Waals surface area contributed by atoms with Crippen LogP contribution >= 0.6 is 34.3 Å². The molecular formula is C9H9ClN4OS2. The van der Waals surface area contributed by atoms with Crippen molar-refractivity contribution in [2.75, 3.05) is 0 Å². The van der Waals surface area contributed by atoms with Crippen molar-refractivity contribution in [2.24, 2.45) is 0 Å². The number of aryl methyl sites for hydroxylation is 1. The van der Waals surface area contributed by atoms with Crippen molar-refractivity contribution < 1.29 is 4.79 Å². The van der Waals surface area contributed by atoms with E-state index in [0.29, 0.717) is 0 Å². The molecule has 5 nitrogen and oxygen atoms in total. The lowest BCUT2D eigenvalue weighted by Gasteiger charge is -2.08. The summed E-state index contributed by atoms with van der Waals surface area (Å²) in [6.07, 6.45) is 1.78. The van der Waals surface area contributed by atoms with Crippen LogP contribution in [0.15, 0.2) is 6.20 Å². The van der Waals surface area contributed by atoms with Crippen molar-refractivity contribution in [2.45, 2.75) is 19.9 Å². The third kappa shape index (κ3) is 2.99. The maximum absolute atomic E-state index is 11.8. The molecule has 8 heteroatoms. The summed E-state index contributed by atoms with van der Waals surface area (Å²) >= 11 is 8.22. The van der Waals surface area contributed by atoms with E-state index in [1.807, 2.05) is 13.8 Å². The Bertz CT molecular complexity index is 539. The summed E-state index contributed by atoms with van der Waals surface area (Å²) in [7, 11) is 0. The fraction of sp³-hybridized carbons (Fsp3) is 0.333. The fourth-order valence-electron chi connectivity index (χ4n) is 1.19. The number of aromatic nitrogens is 3. The highest BCUT2D eigenvalue weighted by Gasteiger charge is 2.17. The minimum absolute atomic E-state index is 0.149. The zero-order valence-corrected chi connectivity index (χ0v) is 11.5. The molecule has 1 amide bonds. The van der Waals surface area contributed by atoms with Gasteiger partial charge in [-0.05, 0) is 25.4 Å². The monoisotopic (exact) mass is 288 g/mol. The Kier molecular flexibility index (Phi) is 3.70. The summed E-state index contributed by atoms with van der Waals surface area (Å²) in [6.45, 7) is 3.85. The van der Waals surface area contributed by atoms with Crippen LogP contribution in [0.25, 0.3) is 0 Å². The van der Waals surface area contributed by atoms with Crippen LogP contribution in [0.1, 0.15) is 32.7 Å². The molecule has 0 aliphatic heterocycles. The molecule has 1 N–H and O–H groups in total. The maximum Gasteiger partial charge on any atom is 0.282 e. The number of rotatable bonds is 3. The zero-order chi connectivity index (χ0) is 12.4. The van der Waals surface area contributed by atoms with E-state index in [1.54, 1.807) is 17.5 Å². The SMILES string of the molecule is Cc1cnc(C(C)NC(=O)c2nnc(Cl)s2)s1. The van der Waals surface area contributed by atoms with Gasteiger partial charge in [-0.2, -0.15) is 0 Å². The summed E-state index contributed by atoms with van der Waals surface area (Å²) in [5, 5.41) is 11.2. The summed E-state index contributed by atoms with van der Waals surface area (Å²) in [4.78, 5) is 17.1. The van der Waals surface area contributed by atoms with Crippen molar-refractivity contribution in [1.29, 1.82) is 0 Å². The van der Waals surface area contributed by atoms with Gasteiger partial charge < -0.3 is 5.32 Å². The summed E-state index contributed by atoms with van der Waals surface area (Å²) in [6, 6.07) is -0.149. The Morgan fingerprint density at radius 3 is 2.76 bits per heavy atom. The number of halogens is 1. The van der Waals surface area contributed by atoms with Gasteiger partial charge in [-0.15, -0.1) is 21.5 Å². The first-order valence-corrected chi connectivity index (χ1v) is 6.79. The highest BCUT2D eigenvalue weighted by Crippen LogP contribution is 2.20. The van der Waals surface area contributed by atoms with Gasteiger partial charge in [0.2, 0.25) is 9.47 Å². The third-order valence-electron chi connectivity index (χ3n) is 1.95. The Hall–Kier alpha value is -1.05. The number of amides is 1. The molecular weight excluding hydrogens is 280 g/mol. The molecule has 0 saturated heterocycles.